The molecule has 1 N–H and O–H groups in total. The molecule has 1 aromatic heterocycles. The van der Waals surface area contributed by atoms with Crippen molar-refractivity contribution in [3.8, 4) is 5.75 Å². The van der Waals surface area contributed by atoms with Gasteiger partial charge in [-0.25, -0.2) is 0 Å². The van der Waals surface area contributed by atoms with Crippen molar-refractivity contribution in [2.75, 3.05) is 13.1 Å². The molecule has 0 atom stereocenters. The van der Waals surface area contributed by atoms with Crippen molar-refractivity contribution in [2.45, 2.75) is 45.2 Å². The molecule has 0 spiro atoms. The minimum Gasteiger partial charge on any atom is -0.508 e. The Morgan fingerprint density at radius 3 is 2.61 bits per heavy atom. The second-order valence-electron chi connectivity index (χ2n) is 7.22. The van der Waals surface area contributed by atoms with E-state index in [2.05, 4.69) is 4.98 Å². The molecule has 3 rings (SSSR count). The number of likely N-dealkylation sites (tertiary alicyclic amines) is 1. The molecule has 1 saturated heterocycles. The fourth-order valence-electron chi connectivity index (χ4n) is 3.43. The average Bonchev–Trinajstić information content (AvgIpc) is 2.92. The van der Waals surface area contributed by atoms with E-state index in [4.69, 9.17) is 0 Å². The normalized spacial score (nSPS) is 14.6. The highest BCUT2D eigenvalue weighted by atomic mass is 16.3. The number of pyridine rings is 1. The summed E-state index contributed by atoms with van der Waals surface area (Å²) in [4.78, 5) is 32.9. The number of carbonyl (C=O) groups excluding carboxylic acids is 2. The molecule has 2 amide bonds. The lowest BCUT2D eigenvalue weighted by molar-refractivity contribution is -0.135. The Morgan fingerprint density at radius 1 is 1.07 bits per heavy atom. The second-order valence-corrected chi connectivity index (χ2v) is 7.22. The fraction of sp³-hybridized carbons (Fsp3) is 0.409. The van der Waals surface area contributed by atoms with Crippen LogP contribution in [-0.2, 0) is 22.7 Å². The van der Waals surface area contributed by atoms with Crippen LogP contribution in [0.15, 0.2) is 48.8 Å². The first kappa shape index (κ1) is 19.9. The lowest BCUT2D eigenvalue weighted by Gasteiger charge is -2.25. The van der Waals surface area contributed by atoms with Crippen LogP contribution in [0.2, 0.25) is 0 Å². The molecule has 6 heteroatoms. The third kappa shape index (κ3) is 5.81. The van der Waals surface area contributed by atoms with Crippen LogP contribution in [0.1, 0.15) is 43.2 Å². The van der Waals surface area contributed by atoms with Gasteiger partial charge in [0.25, 0.3) is 0 Å². The first-order valence-corrected chi connectivity index (χ1v) is 9.84. The standard InChI is InChI=1S/C22H27N3O3/c26-20-9-7-18(8-10-20)16-25(17-19-5-4-12-23-15-19)22(28)11-14-24-13-3-1-2-6-21(24)27/h4-5,7-10,12,15,26H,1-3,6,11,13-14,16-17H2. The van der Waals surface area contributed by atoms with Gasteiger partial charge in [0.1, 0.15) is 5.75 Å². The van der Waals surface area contributed by atoms with Crippen LogP contribution in [0.4, 0.5) is 0 Å². The van der Waals surface area contributed by atoms with Crippen LogP contribution in [0.25, 0.3) is 0 Å². The summed E-state index contributed by atoms with van der Waals surface area (Å²) in [6.07, 6.45) is 7.38. The van der Waals surface area contributed by atoms with Crippen molar-refractivity contribution in [1.29, 1.82) is 0 Å². The van der Waals surface area contributed by atoms with Gasteiger partial charge in [0.05, 0.1) is 0 Å². The van der Waals surface area contributed by atoms with Gasteiger partial charge in [0, 0.05) is 51.4 Å². The van der Waals surface area contributed by atoms with Gasteiger partial charge >= 0.3 is 0 Å². The summed E-state index contributed by atoms with van der Waals surface area (Å²) in [5.41, 5.74) is 1.90. The van der Waals surface area contributed by atoms with E-state index in [1.165, 1.54) is 0 Å². The van der Waals surface area contributed by atoms with E-state index in [-0.39, 0.29) is 17.6 Å². The summed E-state index contributed by atoms with van der Waals surface area (Å²) >= 11 is 0. The van der Waals surface area contributed by atoms with Gasteiger partial charge in [-0.1, -0.05) is 24.6 Å². The maximum atomic E-state index is 13.0. The maximum absolute atomic E-state index is 13.0. The Kier molecular flexibility index (Phi) is 7.00. The topological polar surface area (TPSA) is 73.7 Å². The smallest absolute Gasteiger partial charge is 0.224 e. The number of phenolic OH excluding ortho intramolecular Hbond substituents is 1. The summed E-state index contributed by atoms with van der Waals surface area (Å²) in [6, 6.07) is 10.7. The number of phenols is 1. The summed E-state index contributed by atoms with van der Waals surface area (Å²) in [5.74, 6) is 0.366. The molecule has 0 radical (unpaired) electrons. The molecule has 1 fully saturated rings. The van der Waals surface area contributed by atoms with E-state index < -0.39 is 0 Å². The van der Waals surface area contributed by atoms with E-state index >= 15 is 0 Å². The van der Waals surface area contributed by atoms with E-state index in [0.29, 0.717) is 32.5 Å². The molecule has 0 unspecified atom stereocenters. The van der Waals surface area contributed by atoms with Gasteiger partial charge in [0.15, 0.2) is 0 Å². The zero-order valence-corrected chi connectivity index (χ0v) is 16.1. The van der Waals surface area contributed by atoms with Crippen molar-refractivity contribution >= 4 is 11.8 Å². The predicted molar refractivity (Wildman–Crippen MR) is 106 cm³/mol. The average molecular weight is 381 g/mol. The van der Waals surface area contributed by atoms with Crippen molar-refractivity contribution in [3.05, 3.63) is 59.9 Å². The van der Waals surface area contributed by atoms with Crippen LogP contribution in [0, 0.1) is 0 Å². The third-order valence-electron chi connectivity index (χ3n) is 5.03. The van der Waals surface area contributed by atoms with Gasteiger partial charge in [-0.3, -0.25) is 14.6 Å². The largest absolute Gasteiger partial charge is 0.508 e. The Hall–Kier alpha value is -2.89. The number of nitrogens with zero attached hydrogens (tertiary/aromatic N) is 3. The highest BCUT2D eigenvalue weighted by Gasteiger charge is 2.20. The van der Waals surface area contributed by atoms with Crippen LogP contribution in [-0.4, -0.2) is 44.8 Å². The van der Waals surface area contributed by atoms with E-state index in [9.17, 15) is 14.7 Å². The van der Waals surface area contributed by atoms with Crippen LogP contribution < -0.4 is 0 Å². The van der Waals surface area contributed by atoms with Crippen molar-refractivity contribution in [3.63, 3.8) is 0 Å². The van der Waals surface area contributed by atoms with Crippen LogP contribution >= 0.6 is 0 Å². The van der Waals surface area contributed by atoms with E-state index in [1.807, 2.05) is 29.2 Å². The van der Waals surface area contributed by atoms with Gasteiger partial charge in [-0.15, -0.1) is 0 Å². The zero-order valence-electron chi connectivity index (χ0n) is 16.1. The highest BCUT2D eigenvalue weighted by Crippen LogP contribution is 2.16. The number of carbonyl (C=O) groups is 2. The zero-order chi connectivity index (χ0) is 19.8. The molecule has 6 nitrogen and oxygen atoms in total. The Bertz CT molecular complexity index is 777. The summed E-state index contributed by atoms with van der Waals surface area (Å²) in [7, 11) is 0. The second kappa shape index (κ2) is 9.88. The van der Waals surface area contributed by atoms with E-state index in [0.717, 1.165) is 36.9 Å². The first-order chi connectivity index (χ1) is 13.6. The lowest BCUT2D eigenvalue weighted by Crippen LogP contribution is -2.36. The van der Waals surface area contributed by atoms with Crippen molar-refractivity contribution in [1.82, 2.24) is 14.8 Å². The number of rotatable bonds is 7. The molecule has 1 aliphatic heterocycles. The molecule has 28 heavy (non-hydrogen) atoms. The number of hydrogen-bond donors (Lipinski definition) is 1. The lowest BCUT2D eigenvalue weighted by atomic mass is 10.1. The SMILES string of the molecule is O=C1CCCCCN1CCC(=O)N(Cc1ccc(O)cc1)Cc1cccnc1. The van der Waals surface area contributed by atoms with Crippen molar-refractivity contribution in [2.24, 2.45) is 0 Å². The number of aromatic nitrogens is 1. The Labute approximate surface area is 165 Å². The Morgan fingerprint density at radius 2 is 1.86 bits per heavy atom. The molecule has 2 aromatic rings. The number of amides is 2. The number of aromatic hydroxyl groups is 1. The summed E-state index contributed by atoms with van der Waals surface area (Å²) in [6.45, 7) is 2.12. The van der Waals surface area contributed by atoms with Gasteiger partial charge in [-0.2, -0.15) is 0 Å². The summed E-state index contributed by atoms with van der Waals surface area (Å²) < 4.78 is 0. The molecular weight excluding hydrogens is 354 g/mol. The fourth-order valence-corrected chi connectivity index (χ4v) is 3.43. The monoisotopic (exact) mass is 381 g/mol. The van der Waals surface area contributed by atoms with Crippen molar-refractivity contribution < 1.29 is 14.7 Å². The molecule has 2 heterocycles. The minimum absolute atomic E-state index is 0.00831. The first-order valence-electron chi connectivity index (χ1n) is 9.84. The Balaban J connectivity index is 1.66. The van der Waals surface area contributed by atoms with Crippen LogP contribution in [0.5, 0.6) is 5.75 Å². The quantitative estimate of drug-likeness (QED) is 0.800. The van der Waals surface area contributed by atoms with E-state index in [1.54, 1.807) is 29.4 Å². The van der Waals surface area contributed by atoms with Gasteiger partial charge < -0.3 is 14.9 Å². The van der Waals surface area contributed by atoms with Gasteiger partial charge in [-0.05, 0) is 42.2 Å². The highest BCUT2D eigenvalue weighted by molar-refractivity contribution is 5.79. The third-order valence-corrected chi connectivity index (χ3v) is 5.03. The molecule has 0 saturated carbocycles. The molecule has 0 bridgehead atoms. The molecular formula is C22H27N3O3. The molecule has 148 valence electrons. The maximum Gasteiger partial charge on any atom is 0.224 e. The van der Waals surface area contributed by atoms with Crippen LogP contribution in [0.3, 0.4) is 0 Å². The minimum atomic E-state index is 0.00831. The summed E-state index contributed by atoms with van der Waals surface area (Å²) in [5, 5.41) is 9.49. The molecule has 1 aromatic carbocycles. The number of benzene rings is 1. The number of hydrogen-bond acceptors (Lipinski definition) is 4. The molecule has 0 aliphatic carbocycles. The molecule has 1 aliphatic rings. The predicted octanol–water partition coefficient (Wildman–Crippen LogP) is 3.11. The van der Waals surface area contributed by atoms with Gasteiger partial charge in [0.2, 0.25) is 11.8 Å².